The molecule has 0 saturated heterocycles. The lowest BCUT2D eigenvalue weighted by atomic mass is 10.1. The van der Waals surface area contributed by atoms with E-state index in [-0.39, 0.29) is 6.61 Å². The van der Waals surface area contributed by atoms with E-state index in [0.29, 0.717) is 22.8 Å². The first-order valence-corrected chi connectivity index (χ1v) is 7.12. The van der Waals surface area contributed by atoms with Crippen molar-refractivity contribution in [2.45, 2.75) is 13.5 Å². The monoisotopic (exact) mass is 316 g/mol. The molecule has 0 aromatic heterocycles. The van der Waals surface area contributed by atoms with Crippen LogP contribution in [0.1, 0.15) is 21.5 Å². The van der Waals surface area contributed by atoms with Gasteiger partial charge in [-0.15, -0.1) is 0 Å². The second-order valence-electron chi connectivity index (χ2n) is 4.91. The number of ether oxygens (including phenoxy) is 4. The molecule has 0 N–H and O–H groups in total. The topological polar surface area (TPSA) is 54.0 Å². The Hall–Kier alpha value is -2.69. The molecule has 2 aromatic carbocycles. The van der Waals surface area contributed by atoms with Gasteiger partial charge in [-0.05, 0) is 42.3 Å². The smallest absolute Gasteiger partial charge is 0.342 e. The average molecular weight is 316 g/mol. The maximum Gasteiger partial charge on any atom is 0.342 e. The lowest BCUT2D eigenvalue weighted by Gasteiger charge is -2.13. The van der Waals surface area contributed by atoms with E-state index >= 15 is 0 Å². The number of para-hydroxylation sites is 1. The van der Waals surface area contributed by atoms with Gasteiger partial charge in [0.2, 0.25) is 0 Å². The van der Waals surface area contributed by atoms with Crippen LogP contribution < -0.4 is 14.2 Å². The van der Waals surface area contributed by atoms with Crippen molar-refractivity contribution < 1.29 is 23.7 Å². The molecule has 0 fully saturated rings. The second-order valence-corrected chi connectivity index (χ2v) is 4.91. The Bertz CT molecular complexity index is 694. The van der Waals surface area contributed by atoms with Crippen LogP contribution >= 0.6 is 0 Å². The van der Waals surface area contributed by atoms with E-state index in [1.807, 2.05) is 19.1 Å². The summed E-state index contributed by atoms with van der Waals surface area (Å²) >= 11 is 0. The molecule has 0 heterocycles. The van der Waals surface area contributed by atoms with Gasteiger partial charge in [-0.2, -0.15) is 0 Å². The van der Waals surface area contributed by atoms with Gasteiger partial charge in [0.05, 0.1) is 21.3 Å². The van der Waals surface area contributed by atoms with Gasteiger partial charge >= 0.3 is 5.97 Å². The minimum atomic E-state index is -0.434. The molecule has 122 valence electrons. The molecule has 0 saturated carbocycles. The number of rotatable bonds is 6. The highest BCUT2D eigenvalue weighted by Crippen LogP contribution is 2.30. The molecule has 0 amide bonds. The van der Waals surface area contributed by atoms with E-state index in [9.17, 15) is 4.79 Å². The lowest BCUT2D eigenvalue weighted by Crippen LogP contribution is -2.08. The minimum absolute atomic E-state index is 0.142. The van der Waals surface area contributed by atoms with Gasteiger partial charge in [0.25, 0.3) is 0 Å². The van der Waals surface area contributed by atoms with Crippen LogP contribution in [0.3, 0.4) is 0 Å². The van der Waals surface area contributed by atoms with Gasteiger partial charge < -0.3 is 18.9 Å². The van der Waals surface area contributed by atoms with Crippen LogP contribution in [0.15, 0.2) is 36.4 Å². The third-order valence-electron chi connectivity index (χ3n) is 3.53. The number of benzene rings is 2. The number of hydrogen-bond donors (Lipinski definition) is 0. The Balaban J connectivity index is 2.16. The summed E-state index contributed by atoms with van der Waals surface area (Å²) in [5, 5.41) is 0. The highest BCUT2D eigenvalue weighted by atomic mass is 16.5. The number of hydrogen-bond acceptors (Lipinski definition) is 5. The highest BCUT2D eigenvalue weighted by Gasteiger charge is 2.15. The van der Waals surface area contributed by atoms with E-state index < -0.39 is 5.97 Å². The molecule has 5 nitrogen and oxygen atoms in total. The number of carbonyl (C=O) groups excluding carboxylic acids is 1. The second kappa shape index (κ2) is 7.54. The largest absolute Gasteiger partial charge is 0.496 e. The normalized spacial score (nSPS) is 10.1. The third kappa shape index (κ3) is 3.74. The van der Waals surface area contributed by atoms with Gasteiger partial charge in [0, 0.05) is 0 Å². The van der Waals surface area contributed by atoms with Crippen molar-refractivity contribution in [2.24, 2.45) is 0 Å². The van der Waals surface area contributed by atoms with Crippen LogP contribution in [0.25, 0.3) is 0 Å². The maximum absolute atomic E-state index is 12.2. The van der Waals surface area contributed by atoms with Crippen LogP contribution in [0.2, 0.25) is 0 Å². The van der Waals surface area contributed by atoms with Crippen LogP contribution in [0.5, 0.6) is 17.2 Å². The van der Waals surface area contributed by atoms with Gasteiger partial charge in [-0.3, -0.25) is 0 Å². The molecule has 0 aliphatic carbocycles. The lowest BCUT2D eigenvalue weighted by molar-refractivity contribution is 0.0468. The summed E-state index contributed by atoms with van der Waals surface area (Å²) in [5.41, 5.74) is 2.20. The number of aryl methyl sites for hydroxylation is 1. The van der Waals surface area contributed by atoms with E-state index in [1.54, 1.807) is 38.5 Å². The average Bonchev–Trinajstić information content (AvgIpc) is 2.59. The van der Waals surface area contributed by atoms with Gasteiger partial charge in [0.15, 0.2) is 11.5 Å². The molecule has 0 bridgehead atoms. The van der Waals surface area contributed by atoms with Crippen molar-refractivity contribution in [2.75, 3.05) is 21.3 Å². The zero-order chi connectivity index (χ0) is 16.8. The van der Waals surface area contributed by atoms with Crippen molar-refractivity contribution in [1.82, 2.24) is 0 Å². The summed E-state index contributed by atoms with van der Waals surface area (Å²) in [6, 6.07) is 10.6. The first-order chi connectivity index (χ1) is 11.1. The first kappa shape index (κ1) is 16.7. The summed E-state index contributed by atoms with van der Waals surface area (Å²) in [5.74, 6) is 1.30. The Morgan fingerprint density at radius 1 is 0.913 bits per heavy atom. The zero-order valence-electron chi connectivity index (χ0n) is 13.7. The standard InChI is InChI=1S/C18H20O5/c1-12-9-16(21-3)17(22-4)10-13(12)11-23-18(19)14-7-5-6-8-15(14)20-2/h5-10H,11H2,1-4H3. The van der Waals surface area contributed by atoms with E-state index in [4.69, 9.17) is 18.9 Å². The highest BCUT2D eigenvalue weighted by molar-refractivity contribution is 5.92. The van der Waals surface area contributed by atoms with E-state index in [2.05, 4.69) is 0 Å². The van der Waals surface area contributed by atoms with Crippen molar-refractivity contribution >= 4 is 5.97 Å². The molecule has 2 rings (SSSR count). The minimum Gasteiger partial charge on any atom is -0.496 e. The zero-order valence-corrected chi connectivity index (χ0v) is 13.7. The Kier molecular flexibility index (Phi) is 5.46. The molecule has 0 aliphatic rings. The molecule has 0 unspecified atom stereocenters. The Labute approximate surface area is 135 Å². The van der Waals surface area contributed by atoms with Gasteiger partial charge in [-0.25, -0.2) is 4.79 Å². The van der Waals surface area contributed by atoms with Crippen LogP contribution in [-0.4, -0.2) is 27.3 Å². The molecule has 5 heteroatoms. The van der Waals surface area contributed by atoms with Crippen molar-refractivity contribution in [3.63, 3.8) is 0 Å². The predicted octanol–water partition coefficient (Wildman–Crippen LogP) is 3.38. The molecule has 0 radical (unpaired) electrons. The fraction of sp³-hybridized carbons (Fsp3) is 0.278. The Morgan fingerprint density at radius 3 is 2.17 bits per heavy atom. The van der Waals surface area contributed by atoms with E-state index in [1.165, 1.54) is 7.11 Å². The summed E-state index contributed by atoms with van der Waals surface area (Å²) in [6.45, 7) is 2.07. The van der Waals surface area contributed by atoms with Crippen LogP contribution in [0, 0.1) is 6.92 Å². The third-order valence-corrected chi connectivity index (χ3v) is 3.53. The Morgan fingerprint density at radius 2 is 1.52 bits per heavy atom. The van der Waals surface area contributed by atoms with Crippen molar-refractivity contribution in [1.29, 1.82) is 0 Å². The quantitative estimate of drug-likeness (QED) is 0.765. The molecule has 0 aliphatic heterocycles. The van der Waals surface area contributed by atoms with Crippen LogP contribution in [-0.2, 0) is 11.3 Å². The molecule has 2 aromatic rings. The fourth-order valence-electron chi connectivity index (χ4n) is 2.21. The number of esters is 1. The number of methoxy groups -OCH3 is 3. The summed E-state index contributed by atoms with van der Waals surface area (Å²) < 4.78 is 21.1. The van der Waals surface area contributed by atoms with Gasteiger partial charge in [0.1, 0.15) is 17.9 Å². The summed E-state index contributed by atoms with van der Waals surface area (Å²) in [6.07, 6.45) is 0. The van der Waals surface area contributed by atoms with E-state index in [0.717, 1.165) is 11.1 Å². The SMILES string of the molecule is COc1cc(C)c(COC(=O)c2ccccc2OC)cc1OC. The molecule has 23 heavy (non-hydrogen) atoms. The van der Waals surface area contributed by atoms with Gasteiger partial charge in [-0.1, -0.05) is 12.1 Å². The number of carbonyl (C=O) groups is 1. The molecular formula is C18H20O5. The summed E-state index contributed by atoms with van der Waals surface area (Å²) in [4.78, 5) is 12.2. The molecular weight excluding hydrogens is 296 g/mol. The first-order valence-electron chi connectivity index (χ1n) is 7.12. The van der Waals surface area contributed by atoms with Crippen molar-refractivity contribution in [3.8, 4) is 17.2 Å². The fourth-order valence-corrected chi connectivity index (χ4v) is 2.21. The molecule has 0 atom stereocenters. The summed E-state index contributed by atoms with van der Waals surface area (Å²) in [7, 11) is 4.67. The van der Waals surface area contributed by atoms with Crippen LogP contribution in [0.4, 0.5) is 0 Å². The maximum atomic E-state index is 12.2. The predicted molar refractivity (Wildman–Crippen MR) is 86.4 cm³/mol. The van der Waals surface area contributed by atoms with Crippen molar-refractivity contribution in [3.05, 3.63) is 53.1 Å². The molecule has 0 spiro atoms.